The molecule has 2 aromatic heterocycles. The van der Waals surface area contributed by atoms with Crippen LogP contribution >= 0.6 is 0 Å². The van der Waals surface area contributed by atoms with Crippen LogP contribution in [0.25, 0.3) is 22.2 Å². The van der Waals surface area contributed by atoms with Gasteiger partial charge in [-0.25, -0.2) is 15.0 Å². The molecule has 7 heteroatoms. The normalized spacial score (nSPS) is 17.8. The third-order valence-electron chi connectivity index (χ3n) is 4.20. The van der Waals surface area contributed by atoms with Gasteiger partial charge in [-0.2, -0.15) is 0 Å². The highest BCUT2D eigenvalue weighted by Crippen LogP contribution is 2.23. The number of carbonyl (C=O) groups excluding carboxylic acids is 1. The number of hydrogen-bond acceptors (Lipinski definition) is 6. The van der Waals surface area contributed by atoms with Gasteiger partial charge in [-0.3, -0.25) is 10.1 Å². The summed E-state index contributed by atoms with van der Waals surface area (Å²) in [5.74, 6) is 0.939. The minimum absolute atomic E-state index is 0.0291. The Morgan fingerprint density at radius 3 is 3.08 bits per heavy atom. The first kappa shape index (κ1) is 14.8. The Balaban J connectivity index is 1.58. The first-order valence-corrected chi connectivity index (χ1v) is 7.97. The fraction of sp³-hybridized carbons (Fsp3) is 0.294. The number of nitrogens with zero attached hydrogens (tertiary/aromatic N) is 3. The standard InChI is InChI=1S/C17H17N5O2/c23-16(13-2-1-5-18-7-13)22-17-20-8-12-4-3-11(6-14(12)21-17)15-9-19-10-24-15/h3-4,6,8-10,13,18H,1-2,5,7H2,(H,20,21,22,23)/t13-/m1/s1. The van der Waals surface area contributed by atoms with Crippen molar-refractivity contribution in [2.24, 2.45) is 5.92 Å². The van der Waals surface area contributed by atoms with Crippen LogP contribution in [0.15, 0.2) is 41.4 Å². The van der Waals surface area contributed by atoms with E-state index in [0.29, 0.717) is 18.3 Å². The molecule has 3 heterocycles. The molecule has 0 saturated carbocycles. The van der Waals surface area contributed by atoms with Crippen LogP contribution in [0.1, 0.15) is 12.8 Å². The molecule has 0 unspecified atom stereocenters. The lowest BCUT2D eigenvalue weighted by Gasteiger charge is -2.21. The molecule has 1 aliphatic rings. The Hall–Kier alpha value is -2.80. The van der Waals surface area contributed by atoms with Gasteiger partial charge in [-0.05, 0) is 25.5 Å². The lowest BCUT2D eigenvalue weighted by Crippen LogP contribution is -2.37. The van der Waals surface area contributed by atoms with E-state index in [9.17, 15) is 4.79 Å². The second kappa shape index (κ2) is 6.37. The zero-order valence-corrected chi connectivity index (χ0v) is 13.0. The smallest absolute Gasteiger partial charge is 0.231 e. The van der Waals surface area contributed by atoms with Crippen molar-refractivity contribution in [3.63, 3.8) is 0 Å². The fourth-order valence-electron chi connectivity index (χ4n) is 2.88. The fourth-order valence-corrected chi connectivity index (χ4v) is 2.88. The van der Waals surface area contributed by atoms with E-state index in [1.807, 2.05) is 18.2 Å². The molecule has 1 amide bonds. The van der Waals surface area contributed by atoms with Gasteiger partial charge in [0.25, 0.3) is 0 Å². The van der Waals surface area contributed by atoms with Crippen LogP contribution in [0.2, 0.25) is 0 Å². The van der Waals surface area contributed by atoms with E-state index in [4.69, 9.17) is 4.42 Å². The largest absolute Gasteiger partial charge is 0.444 e. The first-order valence-electron chi connectivity index (χ1n) is 7.97. The highest BCUT2D eigenvalue weighted by atomic mass is 16.3. The first-order chi connectivity index (χ1) is 11.8. The van der Waals surface area contributed by atoms with Gasteiger partial charge in [-0.15, -0.1) is 0 Å². The zero-order chi connectivity index (χ0) is 16.4. The maximum absolute atomic E-state index is 12.3. The molecule has 0 aliphatic carbocycles. The number of hydrogen-bond donors (Lipinski definition) is 2. The van der Waals surface area contributed by atoms with Crippen LogP contribution in [0.3, 0.4) is 0 Å². The monoisotopic (exact) mass is 323 g/mol. The summed E-state index contributed by atoms with van der Waals surface area (Å²) in [7, 11) is 0. The number of oxazole rings is 1. The molecular formula is C17H17N5O2. The number of rotatable bonds is 3. The summed E-state index contributed by atoms with van der Waals surface area (Å²) in [5, 5.41) is 6.96. The second-order valence-corrected chi connectivity index (χ2v) is 5.87. The van der Waals surface area contributed by atoms with Gasteiger partial charge < -0.3 is 9.73 Å². The predicted octanol–water partition coefficient (Wildman–Crippen LogP) is 2.22. The van der Waals surface area contributed by atoms with Gasteiger partial charge in [-0.1, -0.05) is 12.1 Å². The Morgan fingerprint density at radius 2 is 2.29 bits per heavy atom. The average molecular weight is 323 g/mol. The molecule has 0 spiro atoms. The molecule has 1 fully saturated rings. The third kappa shape index (κ3) is 2.98. The lowest BCUT2D eigenvalue weighted by molar-refractivity contribution is -0.120. The maximum atomic E-state index is 12.3. The minimum Gasteiger partial charge on any atom is -0.444 e. The highest BCUT2D eigenvalue weighted by molar-refractivity contribution is 5.92. The van der Waals surface area contributed by atoms with E-state index in [1.54, 1.807) is 12.4 Å². The van der Waals surface area contributed by atoms with Crippen molar-refractivity contribution in [1.82, 2.24) is 20.3 Å². The Labute approximate surface area is 138 Å². The summed E-state index contributed by atoms with van der Waals surface area (Å²) < 4.78 is 5.31. The number of piperidine rings is 1. The molecule has 1 aromatic carbocycles. The van der Waals surface area contributed by atoms with Gasteiger partial charge in [0.15, 0.2) is 12.2 Å². The van der Waals surface area contributed by atoms with Gasteiger partial charge in [0.2, 0.25) is 11.9 Å². The van der Waals surface area contributed by atoms with Crippen molar-refractivity contribution in [2.75, 3.05) is 18.4 Å². The summed E-state index contributed by atoms with van der Waals surface area (Å²) in [6.45, 7) is 1.68. The average Bonchev–Trinajstić information content (AvgIpc) is 3.16. The number of carbonyl (C=O) groups is 1. The van der Waals surface area contributed by atoms with Crippen LogP contribution < -0.4 is 10.6 Å². The van der Waals surface area contributed by atoms with Crippen LogP contribution in [0, 0.1) is 5.92 Å². The van der Waals surface area contributed by atoms with Gasteiger partial charge in [0.1, 0.15) is 0 Å². The van der Waals surface area contributed by atoms with E-state index < -0.39 is 0 Å². The van der Waals surface area contributed by atoms with Crippen molar-refractivity contribution in [1.29, 1.82) is 0 Å². The topological polar surface area (TPSA) is 92.9 Å². The van der Waals surface area contributed by atoms with E-state index in [-0.39, 0.29) is 11.8 Å². The summed E-state index contributed by atoms with van der Waals surface area (Å²) in [5.41, 5.74) is 1.63. The molecule has 24 heavy (non-hydrogen) atoms. The third-order valence-corrected chi connectivity index (χ3v) is 4.20. The van der Waals surface area contributed by atoms with E-state index in [2.05, 4.69) is 25.6 Å². The van der Waals surface area contributed by atoms with Gasteiger partial charge in [0.05, 0.1) is 17.6 Å². The zero-order valence-electron chi connectivity index (χ0n) is 13.0. The highest BCUT2D eigenvalue weighted by Gasteiger charge is 2.21. The van der Waals surface area contributed by atoms with Crippen LogP contribution in [-0.2, 0) is 4.79 Å². The van der Waals surface area contributed by atoms with Crippen LogP contribution in [0.4, 0.5) is 5.95 Å². The molecule has 2 N–H and O–H groups in total. The Morgan fingerprint density at radius 1 is 1.33 bits per heavy atom. The van der Waals surface area contributed by atoms with Crippen molar-refractivity contribution >= 4 is 22.8 Å². The lowest BCUT2D eigenvalue weighted by atomic mass is 9.99. The Kier molecular flexibility index (Phi) is 3.92. The number of fused-ring (bicyclic) bond motifs is 1. The molecule has 0 radical (unpaired) electrons. The molecule has 0 bridgehead atoms. The molecule has 1 atom stereocenters. The minimum atomic E-state index is -0.0343. The number of nitrogens with one attached hydrogen (secondary N) is 2. The van der Waals surface area contributed by atoms with Crippen molar-refractivity contribution in [2.45, 2.75) is 12.8 Å². The number of benzene rings is 1. The summed E-state index contributed by atoms with van der Waals surface area (Å²) in [6.07, 6.45) is 6.66. The van der Waals surface area contributed by atoms with E-state index in [0.717, 1.165) is 35.9 Å². The molecule has 4 rings (SSSR count). The molecule has 1 aliphatic heterocycles. The second-order valence-electron chi connectivity index (χ2n) is 5.87. The van der Waals surface area contributed by atoms with E-state index in [1.165, 1.54) is 6.39 Å². The van der Waals surface area contributed by atoms with E-state index >= 15 is 0 Å². The number of anilines is 1. The molecule has 7 nitrogen and oxygen atoms in total. The number of aromatic nitrogens is 3. The molecule has 122 valence electrons. The van der Waals surface area contributed by atoms with Crippen LogP contribution in [-0.4, -0.2) is 33.9 Å². The summed E-state index contributed by atoms with van der Waals surface area (Å²) in [4.78, 5) is 24.9. The van der Waals surface area contributed by atoms with Gasteiger partial charge >= 0.3 is 0 Å². The van der Waals surface area contributed by atoms with Gasteiger partial charge in [0, 0.05) is 23.7 Å². The summed E-state index contributed by atoms with van der Waals surface area (Å²) in [6, 6.07) is 5.75. The molecule has 3 aromatic rings. The Bertz CT molecular complexity index is 857. The van der Waals surface area contributed by atoms with Crippen molar-refractivity contribution < 1.29 is 9.21 Å². The predicted molar refractivity (Wildman–Crippen MR) is 89.3 cm³/mol. The summed E-state index contributed by atoms with van der Waals surface area (Å²) >= 11 is 0. The van der Waals surface area contributed by atoms with Crippen molar-refractivity contribution in [3.05, 3.63) is 37.0 Å². The molecule has 1 saturated heterocycles. The van der Waals surface area contributed by atoms with Crippen LogP contribution in [0.5, 0.6) is 0 Å². The quantitative estimate of drug-likeness (QED) is 0.768. The molecular weight excluding hydrogens is 306 g/mol. The SMILES string of the molecule is O=C(Nc1ncc2ccc(-c3cnco3)cc2n1)[C@@H]1CCCNC1. The number of amides is 1. The maximum Gasteiger partial charge on any atom is 0.231 e. The van der Waals surface area contributed by atoms with Crippen molar-refractivity contribution in [3.8, 4) is 11.3 Å².